The van der Waals surface area contributed by atoms with Gasteiger partial charge in [0.1, 0.15) is 5.75 Å². The highest BCUT2D eigenvalue weighted by atomic mass is 31.2. The van der Waals surface area contributed by atoms with Crippen LogP contribution < -0.4 is 4.74 Å². The van der Waals surface area contributed by atoms with Gasteiger partial charge in [0, 0.05) is 0 Å². The molecule has 0 N–H and O–H groups in total. The highest BCUT2D eigenvalue weighted by Crippen LogP contribution is 2.49. The molecule has 4 nitrogen and oxygen atoms in total. The molecule has 0 aliphatic rings. The molecule has 5 heteroatoms. The van der Waals surface area contributed by atoms with Crippen molar-refractivity contribution < 1.29 is 18.3 Å². The van der Waals surface area contributed by atoms with E-state index in [1.807, 2.05) is 84.9 Å². The quantitative estimate of drug-likeness (QED) is 0.346. The smallest absolute Gasteiger partial charge is 0.368 e. The van der Waals surface area contributed by atoms with E-state index in [9.17, 15) is 4.57 Å². The van der Waals surface area contributed by atoms with E-state index in [-0.39, 0.29) is 19.6 Å². The van der Waals surface area contributed by atoms with Gasteiger partial charge in [-0.25, -0.2) is 0 Å². The molecule has 0 spiro atoms. The zero-order valence-electron chi connectivity index (χ0n) is 16.9. The minimum atomic E-state index is -3.47. The summed E-state index contributed by atoms with van der Waals surface area (Å²) in [6, 6.07) is 27.0. The van der Waals surface area contributed by atoms with Gasteiger partial charge in [-0.1, -0.05) is 86.6 Å². The van der Waals surface area contributed by atoms with E-state index in [0.29, 0.717) is 11.7 Å². The minimum Gasteiger partial charge on any atom is -0.481 e. The Morgan fingerprint density at radius 1 is 0.724 bits per heavy atom. The van der Waals surface area contributed by atoms with E-state index in [0.717, 1.165) is 11.1 Å². The topological polar surface area (TPSA) is 44.8 Å². The molecule has 0 heterocycles. The molecule has 0 unspecified atom stereocenters. The maximum atomic E-state index is 13.3. The Labute approximate surface area is 173 Å². The van der Waals surface area contributed by atoms with Crippen molar-refractivity contribution in [2.24, 2.45) is 0 Å². The Hall–Kier alpha value is -2.39. The van der Waals surface area contributed by atoms with Crippen molar-refractivity contribution in [3.8, 4) is 5.75 Å². The van der Waals surface area contributed by atoms with Crippen LogP contribution in [0.4, 0.5) is 0 Å². The van der Waals surface area contributed by atoms with Gasteiger partial charge in [0.15, 0.2) is 6.35 Å². The first-order valence-electron chi connectivity index (χ1n) is 9.73. The molecule has 0 aliphatic carbocycles. The molecule has 152 valence electrons. The molecule has 0 aromatic heterocycles. The molecule has 3 rings (SSSR count). The van der Waals surface area contributed by atoms with Crippen LogP contribution in [0.25, 0.3) is 0 Å². The van der Waals surface area contributed by atoms with E-state index >= 15 is 0 Å². The summed E-state index contributed by atoms with van der Waals surface area (Å²) in [5.74, 6) is 1.08. The van der Waals surface area contributed by atoms with Crippen LogP contribution in [0.2, 0.25) is 0 Å². The van der Waals surface area contributed by atoms with E-state index < -0.39 is 7.60 Å². The average molecular weight is 410 g/mol. The fourth-order valence-corrected chi connectivity index (χ4v) is 3.93. The van der Waals surface area contributed by atoms with Gasteiger partial charge in [-0.15, -0.1) is 0 Å². The second-order valence-corrected chi connectivity index (χ2v) is 9.12. The zero-order chi connectivity index (χ0) is 20.5. The molecule has 0 bridgehead atoms. The molecule has 29 heavy (non-hydrogen) atoms. The predicted octanol–water partition coefficient (Wildman–Crippen LogP) is 6.77. The monoisotopic (exact) mass is 410 g/mol. The van der Waals surface area contributed by atoms with Crippen LogP contribution in [0.15, 0.2) is 84.9 Å². The average Bonchev–Trinajstić information content (AvgIpc) is 2.77. The summed E-state index contributed by atoms with van der Waals surface area (Å²) in [6.45, 7) is 4.67. The molecule has 0 aliphatic heterocycles. The minimum absolute atomic E-state index is 0.145. The van der Waals surface area contributed by atoms with E-state index in [4.69, 9.17) is 13.8 Å². The number of hydrogen-bond donors (Lipinski definition) is 0. The summed E-state index contributed by atoms with van der Waals surface area (Å²) in [6.07, 6.45) is -0.145. The van der Waals surface area contributed by atoms with Crippen LogP contribution in [0.3, 0.4) is 0 Å². The van der Waals surface area contributed by atoms with Gasteiger partial charge in [0.2, 0.25) is 0 Å². The van der Waals surface area contributed by atoms with E-state index in [1.165, 1.54) is 5.56 Å². The van der Waals surface area contributed by atoms with Gasteiger partial charge in [-0.3, -0.25) is 4.57 Å². The summed E-state index contributed by atoms with van der Waals surface area (Å²) >= 11 is 0. The standard InChI is InChI=1S/C24H27O4P/c1-20(2)23-13-15-24(16-14-23)26-19-29(25,27-17-21-9-5-3-6-10-21)28-18-22-11-7-4-8-12-22/h3-16,20H,17-19H2,1-2H3. The van der Waals surface area contributed by atoms with Crippen molar-refractivity contribution in [2.75, 3.05) is 6.35 Å². The molecule has 0 radical (unpaired) electrons. The fraction of sp³-hybridized carbons (Fsp3) is 0.250. The Morgan fingerprint density at radius 3 is 1.66 bits per heavy atom. The van der Waals surface area contributed by atoms with E-state index in [1.54, 1.807) is 0 Å². The van der Waals surface area contributed by atoms with Crippen molar-refractivity contribution >= 4 is 7.60 Å². The summed E-state index contributed by atoms with van der Waals surface area (Å²) in [5, 5.41) is 0. The molecule has 0 saturated carbocycles. The van der Waals surface area contributed by atoms with Crippen molar-refractivity contribution in [1.29, 1.82) is 0 Å². The SMILES string of the molecule is CC(C)c1ccc(OCP(=O)(OCc2ccccc2)OCc2ccccc2)cc1. The highest BCUT2D eigenvalue weighted by Gasteiger charge is 2.26. The Balaban J connectivity index is 1.66. The lowest BCUT2D eigenvalue weighted by atomic mass is 10.0. The zero-order valence-corrected chi connectivity index (χ0v) is 17.8. The third kappa shape index (κ3) is 6.86. The lowest BCUT2D eigenvalue weighted by Gasteiger charge is -2.19. The molecule has 0 amide bonds. The summed E-state index contributed by atoms with van der Waals surface area (Å²) < 4.78 is 30.6. The lowest BCUT2D eigenvalue weighted by molar-refractivity contribution is 0.172. The Kier molecular flexibility index (Phi) is 7.65. The van der Waals surface area contributed by atoms with Crippen LogP contribution in [0.1, 0.15) is 36.5 Å². The van der Waals surface area contributed by atoms with Crippen molar-refractivity contribution in [1.82, 2.24) is 0 Å². The summed E-state index contributed by atoms with van der Waals surface area (Å²) in [5.41, 5.74) is 3.08. The van der Waals surface area contributed by atoms with Gasteiger partial charge in [0.05, 0.1) is 13.2 Å². The molecular weight excluding hydrogens is 383 g/mol. The lowest BCUT2D eigenvalue weighted by Crippen LogP contribution is -2.06. The molecule has 0 atom stereocenters. The third-order valence-corrected chi connectivity index (χ3v) is 5.97. The maximum absolute atomic E-state index is 13.3. The van der Waals surface area contributed by atoms with Gasteiger partial charge < -0.3 is 13.8 Å². The molecular formula is C24H27O4P. The molecule has 0 fully saturated rings. The first-order chi connectivity index (χ1) is 14.0. The van der Waals surface area contributed by atoms with Gasteiger partial charge in [0.25, 0.3) is 0 Å². The van der Waals surface area contributed by atoms with Gasteiger partial charge in [-0.05, 0) is 34.7 Å². The number of hydrogen-bond acceptors (Lipinski definition) is 4. The number of rotatable bonds is 10. The number of benzene rings is 3. The molecule has 0 saturated heterocycles. The van der Waals surface area contributed by atoms with Crippen LogP contribution >= 0.6 is 7.60 Å². The van der Waals surface area contributed by atoms with Crippen LogP contribution in [0, 0.1) is 0 Å². The third-order valence-electron chi connectivity index (χ3n) is 4.48. The van der Waals surface area contributed by atoms with Gasteiger partial charge >= 0.3 is 7.60 Å². The molecule has 3 aromatic carbocycles. The van der Waals surface area contributed by atoms with Crippen LogP contribution in [-0.4, -0.2) is 6.35 Å². The fourth-order valence-electron chi connectivity index (χ4n) is 2.71. The van der Waals surface area contributed by atoms with Crippen LogP contribution in [0.5, 0.6) is 5.75 Å². The molecule has 3 aromatic rings. The second-order valence-electron chi connectivity index (χ2n) is 7.13. The second kappa shape index (κ2) is 10.4. The maximum Gasteiger partial charge on any atom is 0.368 e. The van der Waals surface area contributed by atoms with Crippen LogP contribution in [-0.2, 0) is 26.8 Å². The first kappa shape index (κ1) is 21.3. The van der Waals surface area contributed by atoms with Crippen molar-refractivity contribution in [2.45, 2.75) is 33.0 Å². The largest absolute Gasteiger partial charge is 0.481 e. The van der Waals surface area contributed by atoms with Crippen molar-refractivity contribution in [3.63, 3.8) is 0 Å². The normalized spacial score (nSPS) is 11.6. The van der Waals surface area contributed by atoms with Crippen molar-refractivity contribution in [3.05, 3.63) is 102 Å². The highest BCUT2D eigenvalue weighted by molar-refractivity contribution is 7.53. The Morgan fingerprint density at radius 2 is 1.21 bits per heavy atom. The first-order valence-corrected chi connectivity index (χ1v) is 11.5. The predicted molar refractivity (Wildman–Crippen MR) is 116 cm³/mol. The summed E-state index contributed by atoms with van der Waals surface area (Å²) in [4.78, 5) is 0. The summed E-state index contributed by atoms with van der Waals surface area (Å²) in [7, 11) is -3.47. The van der Waals surface area contributed by atoms with Gasteiger partial charge in [-0.2, -0.15) is 0 Å². The number of ether oxygens (including phenoxy) is 1. The Bertz CT molecular complexity index is 861. The van der Waals surface area contributed by atoms with E-state index in [2.05, 4.69) is 13.8 Å².